The number of para-hydroxylation sites is 1. The fourth-order valence-electron chi connectivity index (χ4n) is 2.15. The smallest absolute Gasteiger partial charge is 0.241 e. The molecule has 0 saturated heterocycles. The second kappa shape index (κ2) is 8.33. The van der Waals surface area contributed by atoms with Crippen LogP contribution in [0.1, 0.15) is 12.5 Å². The monoisotopic (exact) mass is 382 g/mol. The largest absolute Gasteiger partial charge is 0.496 e. The van der Waals surface area contributed by atoms with Crippen molar-refractivity contribution in [2.24, 2.45) is 0 Å². The summed E-state index contributed by atoms with van der Waals surface area (Å²) < 4.78 is 32.1. The van der Waals surface area contributed by atoms with Gasteiger partial charge in [-0.3, -0.25) is 4.79 Å². The number of ether oxygens (including phenoxy) is 1. The molecule has 2 aromatic carbocycles. The molecule has 2 N–H and O–H groups in total. The van der Waals surface area contributed by atoms with Crippen LogP contribution >= 0.6 is 11.6 Å². The van der Waals surface area contributed by atoms with Crippen LogP contribution in [-0.4, -0.2) is 27.5 Å². The van der Waals surface area contributed by atoms with Crippen molar-refractivity contribution in [1.82, 2.24) is 10.0 Å². The Morgan fingerprint density at radius 1 is 1.16 bits per heavy atom. The number of benzene rings is 2. The van der Waals surface area contributed by atoms with Gasteiger partial charge < -0.3 is 10.1 Å². The third-order valence-corrected chi connectivity index (χ3v) is 5.30. The molecule has 0 aromatic heterocycles. The van der Waals surface area contributed by atoms with Crippen LogP contribution in [0.25, 0.3) is 0 Å². The standard InChI is InChI=1S/C17H19ClN2O4S/c1-12(20-25(22,23)15-9-7-14(18)8-10-15)17(21)19-11-13-5-3-4-6-16(13)24-2/h3-10,12,20H,11H2,1-2H3,(H,19,21)/t12-/m0/s1. The van der Waals surface area contributed by atoms with E-state index in [2.05, 4.69) is 10.0 Å². The molecule has 0 radical (unpaired) electrons. The second-order valence-corrected chi connectivity index (χ2v) is 7.48. The minimum Gasteiger partial charge on any atom is -0.496 e. The van der Waals surface area contributed by atoms with Crippen LogP contribution < -0.4 is 14.8 Å². The van der Waals surface area contributed by atoms with Crippen molar-refractivity contribution >= 4 is 27.5 Å². The highest BCUT2D eigenvalue weighted by Crippen LogP contribution is 2.17. The number of sulfonamides is 1. The van der Waals surface area contributed by atoms with Crippen LogP contribution in [0.15, 0.2) is 53.4 Å². The lowest BCUT2D eigenvalue weighted by molar-refractivity contribution is -0.122. The van der Waals surface area contributed by atoms with E-state index in [1.165, 1.54) is 31.2 Å². The Morgan fingerprint density at radius 2 is 1.80 bits per heavy atom. The number of hydrogen-bond acceptors (Lipinski definition) is 4. The van der Waals surface area contributed by atoms with E-state index in [1.54, 1.807) is 13.2 Å². The zero-order valence-corrected chi connectivity index (χ0v) is 15.4. The van der Waals surface area contributed by atoms with Gasteiger partial charge in [-0.15, -0.1) is 0 Å². The Morgan fingerprint density at radius 3 is 2.44 bits per heavy atom. The zero-order valence-electron chi connectivity index (χ0n) is 13.8. The number of carbonyl (C=O) groups is 1. The first-order chi connectivity index (χ1) is 11.8. The van der Waals surface area contributed by atoms with Gasteiger partial charge in [-0.2, -0.15) is 4.72 Å². The summed E-state index contributed by atoms with van der Waals surface area (Å²) in [4.78, 5) is 12.2. The topological polar surface area (TPSA) is 84.5 Å². The molecule has 0 aliphatic carbocycles. The van der Waals surface area contributed by atoms with Crippen molar-refractivity contribution in [1.29, 1.82) is 0 Å². The minimum absolute atomic E-state index is 0.0429. The molecule has 0 aliphatic rings. The van der Waals surface area contributed by atoms with Gasteiger partial charge in [-0.05, 0) is 37.3 Å². The maximum absolute atomic E-state index is 12.3. The van der Waals surface area contributed by atoms with Crippen molar-refractivity contribution in [2.45, 2.75) is 24.4 Å². The third kappa shape index (κ3) is 5.19. The molecule has 1 atom stereocenters. The van der Waals surface area contributed by atoms with Gasteiger partial charge in [0.15, 0.2) is 0 Å². The van der Waals surface area contributed by atoms with E-state index in [0.29, 0.717) is 10.8 Å². The second-order valence-electron chi connectivity index (χ2n) is 5.33. The quantitative estimate of drug-likeness (QED) is 0.769. The maximum atomic E-state index is 12.3. The van der Waals surface area contributed by atoms with Crippen LogP contribution in [-0.2, 0) is 21.4 Å². The Bertz CT molecular complexity index is 838. The number of amides is 1. The molecule has 8 heteroatoms. The lowest BCUT2D eigenvalue weighted by Gasteiger charge is -2.15. The van der Waals surface area contributed by atoms with E-state index < -0.39 is 22.0 Å². The first kappa shape index (κ1) is 19.2. The average molecular weight is 383 g/mol. The van der Waals surface area contributed by atoms with Crippen molar-refractivity contribution in [2.75, 3.05) is 7.11 Å². The Labute approximate surface area is 152 Å². The first-order valence-corrected chi connectivity index (χ1v) is 9.37. The van der Waals surface area contributed by atoms with Crippen LogP contribution in [0, 0.1) is 0 Å². The Kier molecular flexibility index (Phi) is 6.41. The van der Waals surface area contributed by atoms with Crippen molar-refractivity contribution in [3.8, 4) is 5.75 Å². The van der Waals surface area contributed by atoms with Gasteiger partial charge in [0.1, 0.15) is 5.75 Å². The molecular formula is C17H19ClN2O4S. The maximum Gasteiger partial charge on any atom is 0.241 e. The van der Waals surface area contributed by atoms with Gasteiger partial charge in [0, 0.05) is 17.1 Å². The van der Waals surface area contributed by atoms with Gasteiger partial charge >= 0.3 is 0 Å². The van der Waals surface area contributed by atoms with Gasteiger partial charge in [0.05, 0.1) is 18.0 Å². The molecule has 6 nitrogen and oxygen atoms in total. The highest BCUT2D eigenvalue weighted by molar-refractivity contribution is 7.89. The summed E-state index contributed by atoms with van der Waals surface area (Å²) in [7, 11) is -2.27. The van der Waals surface area contributed by atoms with E-state index in [1.807, 2.05) is 18.2 Å². The van der Waals surface area contributed by atoms with Crippen molar-refractivity contribution in [3.63, 3.8) is 0 Å². The molecule has 0 bridgehead atoms. The average Bonchev–Trinajstić information content (AvgIpc) is 2.59. The molecular weight excluding hydrogens is 364 g/mol. The molecule has 0 spiro atoms. The molecule has 25 heavy (non-hydrogen) atoms. The SMILES string of the molecule is COc1ccccc1CNC(=O)[C@H](C)NS(=O)(=O)c1ccc(Cl)cc1. The van der Waals surface area contributed by atoms with Gasteiger partial charge in [0.25, 0.3) is 0 Å². The lowest BCUT2D eigenvalue weighted by Crippen LogP contribution is -2.44. The summed E-state index contributed by atoms with van der Waals surface area (Å²) in [6.45, 7) is 1.71. The Hall–Kier alpha value is -2.09. The molecule has 134 valence electrons. The van der Waals surface area contributed by atoms with E-state index >= 15 is 0 Å². The molecule has 2 aromatic rings. The summed E-state index contributed by atoms with van der Waals surface area (Å²) in [5, 5.41) is 3.12. The van der Waals surface area contributed by atoms with Crippen LogP contribution in [0.5, 0.6) is 5.75 Å². The normalized spacial score (nSPS) is 12.4. The molecule has 0 saturated carbocycles. The molecule has 0 heterocycles. The summed E-state index contributed by atoms with van der Waals surface area (Å²) in [5.74, 6) is 0.209. The minimum atomic E-state index is -3.81. The predicted molar refractivity (Wildman–Crippen MR) is 96.1 cm³/mol. The van der Waals surface area contributed by atoms with E-state index in [4.69, 9.17) is 16.3 Å². The third-order valence-electron chi connectivity index (χ3n) is 3.49. The summed E-state index contributed by atoms with van der Waals surface area (Å²) in [6.07, 6.45) is 0. The summed E-state index contributed by atoms with van der Waals surface area (Å²) in [6, 6.07) is 12.0. The number of halogens is 1. The molecule has 0 aliphatic heterocycles. The number of rotatable bonds is 7. The van der Waals surface area contributed by atoms with Crippen LogP contribution in [0.2, 0.25) is 5.02 Å². The number of carbonyl (C=O) groups excluding carboxylic acids is 1. The van der Waals surface area contributed by atoms with E-state index in [9.17, 15) is 13.2 Å². The highest BCUT2D eigenvalue weighted by Gasteiger charge is 2.22. The van der Waals surface area contributed by atoms with Crippen LogP contribution in [0.4, 0.5) is 0 Å². The number of nitrogens with one attached hydrogen (secondary N) is 2. The molecule has 0 fully saturated rings. The van der Waals surface area contributed by atoms with Gasteiger partial charge in [-0.1, -0.05) is 29.8 Å². The first-order valence-electron chi connectivity index (χ1n) is 7.51. The van der Waals surface area contributed by atoms with Crippen LogP contribution in [0.3, 0.4) is 0 Å². The molecule has 1 amide bonds. The van der Waals surface area contributed by atoms with Crippen molar-refractivity contribution in [3.05, 3.63) is 59.1 Å². The highest BCUT2D eigenvalue weighted by atomic mass is 35.5. The zero-order chi connectivity index (χ0) is 18.4. The Balaban J connectivity index is 1.99. The number of hydrogen-bond donors (Lipinski definition) is 2. The molecule has 2 rings (SSSR count). The predicted octanol–water partition coefficient (Wildman–Crippen LogP) is 2.33. The summed E-state index contributed by atoms with van der Waals surface area (Å²) in [5.41, 5.74) is 0.797. The lowest BCUT2D eigenvalue weighted by atomic mass is 10.2. The summed E-state index contributed by atoms with van der Waals surface area (Å²) >= 11 is 5.75. The van der Waals surface area contributed by atoms with E-state index in [-0.39, 0.29) is 11.4 Å². The fourth-order valence-corrected chi connectivity index (χ4v) is 3.48. The fraction of sp³-hybridized carbons (Fsp3) is 0.235. The van der Waals surface area contributed by atoms with E-state index in [0.717, 1.165) is 5.56 Å². The van der Waals surface area contributed by atoms with Crippen molar-refractivity contribution < 1.29 is 17.9 Å². The van der Waals surface area contributed by atoms with Gasteiger partial charge in [0.2, 0.25) is 15.9 Å². The van der Waals surface area contributed by atoms with Gasteiger partial charge in [-0.25, -0.2) is 8.42 Å². The number of methoxy groups -OCH3 is 1. The molecule has 0 unspecified atom stereocenters.